The van der Waals surface area contributed by atoms with E-state index in [2.05, 4.69) is 15.1 Å². The lowest BCUT2D eigenvalue weighted by Crippen LogP contribution is -2.46. The molecule has 9 heteroatoms. The van der Waals surface area contributed by atoms with Crippen molar-refractivity contribution in [2.45, 2.75) is 33.2 Å². The van der Waals surface area contributed by atoms with E-state index in [0.717, 1.165) is 30.0 Å². The number of methoxy groups -OCH3 is 2. The molecule has 0 saturated carbocycles. The van der Waals surface area contributed by atoms with Gasteiger partial charge in [-0.1, -0.05) is 0 Å². The Labute approximate surface area is 195 Å². The number of rotatable bonds is 7. The minimum atomic E-state index is -0.0837. The quantitative estimate of drug-likeness (QED) is 0.634. The summed E-state index contributed by atoms with van der Waals surface area (Å²) in [5.41, 5.74) is 1.63. The molecule has 0 atom stereocenters. The first-order chi connectivity index (χ1) is 15.8. The molecule has 1 aromatic heterocycles. The van der Waals surface area contributed by atoms with Gasteiger partial charge in [-0.3, -0.25) is 9.59 Å². The van der Waals surface area contributed by atoms with Gasteiger partial charge in [0, 0.05) is 44.7 Å². The highest BCUT2D eigenvalue weighted by Gasteiger charge is 2.24. The molecule has 0 radical (unpaired) electrons. The minimum Gasteiger partial charge on any atom is -0.493 e. The van der Waals surface area contributed by atoms with E-state index < -0.39 is 0 Å². The van der Waals surface area contributed by atoms with E-state index in [1.54, 1.807) is 19.1 Å². The summed E-state index contributed by atoms with van der Waals surface area (Å²) in [7, 11) is 3.20. The first-order valence-electron chi connectivity index (χ1n) is 11.2. The second-order valence-corrected chi connectivity index (χ2v) is 8.31. The average Bonchev–Trinajstić information content (AvgIpc) is 3.08. The Hall–Kier alpha value is -3.36. The summed E-state index contributed by atoms with van der Waals surface area (Å²) >= 11 is 0. The second kappa shape index (κ2) is 11.0. The van der Waals surface area contributed by atoms with Gasteiger partial charge in [-0.25, -0.2) is 0 Å². The van der Waals surface area contributed by atoms with Crippen LogP contribution >= 0.6 is 0 Å². The smallest absolute Gasteiger partial charge is 0.242 e. The molecule has 3 rings (SSSR count). The first kappa shape index (κ1) is 24.3. The summed E-state index contributed by atoms with van der Waals surface area (Å²) in [6.45, 7) is 8.16. The van der Waals surface area contributed by atoms with Crippen LogP contribution in [-0.4, -0.2) is 84.8 Å². The van der Waals surface area contributed by atoms with Crippen molar-refractivity contribution in [3.8, 4) is 22.8 Å². The van der Waals surface area contributed by atoms with E-state index >= 15 is 0 Å². The molecule has 0 aliphatic carbocycles. The molecule has 2 amide bonds. The molecule has 33 heavy (non-hydrogen) atoms. The van der Waals surface area contributed by atoms with Crippen LogP contribution in [0.3, 0.4) is 0 Å². The molecule has 1 saturated heterocycles. The van der Waals surface area contributed by atoms with E-state index in [1.807, 2.05) is 49.1 Å². The number of aromatic nitrogens is 2. The topological polar surface area (TPSA) is 88.1 Å². The van der Waals surface area contributed by atoms with Gasteiger partial charge in [0.05, 0.1) is 26.5 Å². The molecule has 1 aliphatic heterocycles. The van der Waals surface area contributed by atoms with Crippen LogP contribution < -0.4 is 14.4 Å². The third-order valence-electron chi connectivity index (χ3n) is 5.84. The van der Waals surface area contributed by atoms with Crippen molar-refractivity contribution >= 4 is 17.6 Å². The summed E-state index contributed by atoms with van der Waals surface area (Å²) in [5, 5.41) is 8.84. The third-order valence-corrected chi connectivity index (χ3v) is 5.84. The van der Waals surface area contributed by atoms with Crippen LogP contribution in [-0.2, 0) is 9.59 Å². The summed E-state index contributed by atoms with van der Waals surface area (Å²) in [4.78, 5) is 30.2. The molecular weight excluding hydrogens is 422 g/mol. The Morgan fingerprint density at radius 2 is 1.76 bits per heavy atom. The van der Waals surface area contributed by atoms with Gasteiger partial charge in [0.2, 0.25) is 11.8 Å². The number of nitrogens with zero attached hydrogens (tertiary/aromatic N) is 5. The summed E-state index contributed by atoms with van der Waals surface area (Å²) < 4.78 is 10.7. The van der Waals surface area contributed by atoms with Gasteiger partial charge in [-0.2, -0.15) is 0 Å². The van der Waals surface area contributed by atoms with Crippen LogP contribution in [0.4, 0.5) is 5.82 Å². The standard InChI is InChI=1S/C24H33N5O4/c1-17(2)29(18(3)30)16-24(31)28-12-6-11-27(13-14-28)23-10-8-20(25-26-23)19-7-9-21(32-4)22(15-19)33-5/h7-10,15,17H,6,11-14,16H2,1-5H3. The fraction of sp³-hybridized carbons (Fsp3) is 0.500. The fourth-order valence-electron chi connectivity index (χ4n) is 3.94. The molecular formula is C24H33N5O4. The van der Waals surface area contributed by atoms with Crippen molar-refractivity contribution in [3.05, 3.63) is 30.3 Å². The first-order valence-corrected chi connectivity index (χ1v) is 11.2. The molecule has 0 unspecified atom stereocenters. The number of ether oxygens (including phenoxy) is 2. The zero-order valence-electron chi connectivity index (χ0n) is 20.1. The molecule has 1 aromatic carbocycles. The highest BCUT2D eigenvalue weighted by Crippen LogP contribution is 2.31. The lowest BCUT2D eigenvalue weighted by Gasteiger charge is -2.28. The number of carbonyl (C=O) groups excluding carboxylic acids is 2. The maximum absolute atomic E-state index is 12.8. The number of anilines is 1. The number of hydrogen-bond donors (Lipinski definition) is 0. The largest absolute Gasteiger partial charge is 0.493 e. The summed E-state index contributed by atoms with van der Waals surface area (Å²) in [6, 6.07) is 9.52. The van der Waals surface area contributed by atoms with E-state index in [4.69, 9.17) is 9.47 Å². The number of benzene rings is 1. The van der Waals surface area contributed by atoms with Crippen LogP contribution in [0.1, 0.15) is 27.2 Å². The minimum absolute atomic E-state index is 0.00520. The van der Waals surface area contributed by atoms with E-state index in [0.29, 0.717) is 31.1 Å². The fourth-order valence-corrected chi connectivity index (χ4v) is 3.94. The Morgan fingerprint density at radius 3 is 2.36 bits per heavy atom. The van der Waals surface area contributed by atoms with Crippen LogP contribution in [0, 0.1) is 0 Å². The molecule has 1 fully saturated rings. The Kier molecular flexibility index (Phi) is 8.08. The molecule has 178 valence electrons. The maximum atomic E-state index is 12.8. The molecule has 9 nitrogen and oxygen atoms in total. The van der Waals surface area contributed by atoms with Crippen molar-refractivity contribution in [1.82, 2.24) is 20.0 Å². The van der Waals surface area contributed by atoms with Crippen molar-refractivity contribution in [1.29, 1.82) is 0 Å². The Morgan fingerprint density at radius 1 is 1.00 bits per heavy atom. The van der Waals surface area contributed by atoms with Crippen molar-refractivity contribution in [3.63, 3.8) is 0 Å². The van der Waals surface area contributed by atoms with Crippen LogP contribution in [0.15, 0.2) is 30.3 Å². The van der Waals surface area contributed by atoms with Gasteiger partial charge >= 0.3 is 0 Å². The molecule has 2 heterocycles. The Bertz CT molecular complexity index is 964. The normalized spacial score (nSPS) is 14.1. The lowest BCUT2D eigenvalue weighted by atomic mass is 10.1. The lowest BCUT2D eigenvalue weighted by molar-refractivity contribution is -0.140. The molecule has 1 aliphatic rings. The van der Waals surface area contributed by atoms with Crippen molar-refractivity contribution in [2.75, 3.05) is 51.8 Å². The van der Waals surface area contributed by atoms with Gasteiger partial charge in [-0.15, -0.1) is 10.2 Å². The highest BCUT2D eigenvalue weighted by atomic mass is 16.5. The van der Waals surface area contributed by atoms with Gasteiger partial charge in [0.1, 0.15) is 0 Å². The van der Waals surface area contributed by atoms with Crippen molar-refractivity contribution < 1.29 is 19.1 Å². The maximum Gasteiger partial charge on any atom is 0.242 e. The average molecular weight is 456 g/mol. The Balaban J connectivity index is 1.65. The van der Waals surface area contributed by atoms with Gasteiger partial charge in [0.15, 0.2) is 17.3 Å². The van der Waals surface area contributed by atoms with Crippen LogP contribution in [0.5, 0.6) is 11.5 Å². The summed E-state index contributed by atoms with van der Waals surface area (Å²) in [6.07, 6.45) is 0.826. The van der Waals surface area contributed by atoms with Crippen molar-refractivity contribution in [2.24, 2.45) is 0 Å². The highest BCUT2D eigenvalue weighted by molar-refractivity contribution is 5.84. The molecule has 0 spiro atoms. The zero-order valence-corrected chi connectivity index (χ0v) is 20.1. The third kappa shape index (κ3) is 5.91. The number of carbonyl (C=O) groups is 2. The predicted molar refractivity (Wildman–Crippen MR) is 127 cm³/mol. The van der Waals surface area contributed by atoms with Crippen LogP contribution in [0.2, 0.25) is 0 Å². The number of amides is 2. The van der Waals surface area contributed by atoms with E-state index in [9.17, 15) is 9.59 Å². The van der Waals surface area contributed by atoms with E-state index in [1.165, 1.54) is 6.92 Å². The van der Waals surface area contributed by atoms with Gasteiger partial charge < -0.3 is 24.2 Å². The number of hydrogen-bond acceptors (Lipinski definition) is 7. The van der Waals surface area contributed by atoms with Crippen LogP contribution in [0.25, 0.3) is 11.3 Å². The molecule has 2 aromatic rings. The predicted octanol–water partition coefficient (Wildman–Crippen LogP) is 2.46. The SMILES string of the molecule is COc1ccc(-c2ccc(N3CCCN(C(=O)CN(C(C)=O)C(C)C)CC3)nn2)cc1OC. The zero-order chi connectivity index (χ0) is 24.0. The second-order valence-electron chi connectivity index (χ2n) is 8.31. The van der Waals surface area contributed by atoms with E-state index in [-0.39, 0.29) is 24.4 Å². The summed E-state index contributed by atoms with van der Waals surface area (Å²) in [5.74, 6) is 1.98. The monoisotopic (exact) mass is 455 g/mol. The van der Waals surface area contributed by atoms with Gasteiger partial charge in [0.25, 0.3) is 0 Å². The van der Waals surface area contributed by atoms with Gasteiger partial charge in [-0.05, 0) is 50.6 Å². The molecule has 0 N–H and O–H groups in total. The molecule has 0 bridgehead atoms.